The maximum absolute atomic E-state index is 14.6. The molecule has 2 aromatic heterocycles. The summed E-state index contributed by atoms with van der Waals surface area (Å²) in [6.45, 7) is 8.45. The maximum atomic E-state index is 14.6. The van der Waals surface area contributed by atoms with E-state index in [2.05, 4.69) is 46.7 Å². The summed E-state index contributed by atoms with van der Waals surface area (Å²) < 4.78 is 25.7. The van der Waals surface area contributed by atoms with Crippen LogP contribution in [0.15, 0.2) is 24.4 Å². The van der Waals surface area contributed by atoms with Crippen LogP contribution in [0.2, 0.25) is 5.02 Å². The molecule has 3 heterocycles. The van der Waals surface area contributed by atoms with E-state index in [1.165, 1.54) is 6.07 Å². The van der Waals surface area contributed by atoms with Crippen LogP contribution in [0.5, 0.6) is 0 Å². The topological polar surface area (TPSA) is 80.3 Å². The fourth-order valence-corrected chi connectivity index (χ4v) is 5.72. The summed E-state index contributed by atoms with van der Waals surface area (Å²) in [4.78, 5) is 9.09. The zero-order valence-corrected chi connectivity index (χ0v) is 23.2. The van der Waals surface area contributed by atoms with Crippen LogP contribution in [0.25, 0.3) is 11.3 Å². The largest absolute Gasteiger partial charge is 0.383 e. The van der Waals surface area contributed by atoms with Crippen LogP contribution in [0.3, 0.4) is 0 Å². The Bertz CT molecular complexity index is 1030. The van der Waals surface area contributed by atoms with Crippen molar-refractivity contribution in [3.63, 3.8) is 0 Å². The lowest BCUT2D eigenvalue weighted by Gasteiger charge is -2.35. The molecule has 0 bridgehead atoms. The molecule has 1 saturated heterocycles. The van der Waals surface area contributed by atoms with E-state index < -0.39 is 0 Å². The molecule has 2 aromatic rings. The summed E-state index contributed by atoms with van der Waals surface area (Å²) in [6, 6.07) is 6.24. The van der Waals surface area contributed by atoms with Gasteiger partial charge in [-0.05, 0) is 83.4 Å². The van der Waals surface area contributed by atoms with Gasteiger partial charge in [0.2, 0.25) is 0 Å². The highest BCUT2D eigenvalue weighted by molar-refractivity contribution is 6.33. The highest BCUT2D eigenvalue weighted by Gasteiger charge is 2.29. The highest BCUT2D eigenvalue weighted by Crippen LogP contribution is 2.32. The number of ether oxygens (including phenoxy) is 2. The first kappa shape index (κ1) is 28.0. The van der Waals surface area contributed by atoms with E-state index in [1.54, 1.807) is 19.4 Å². The molecule has 2 fully saturated rings. The van der Waals surface area contributed by atoms with Gasteiger partial charge in [-0.1, -0.05) is 11.6 Å². The van der Waals surface area contributed by atoms with Crippen LogP contribution >= 0.6 is 11.6 Å². The average Bonchev–Trinajstić information content (AvgIpc) is 2.85. The molecule has 1 saturated carbocycles. The number of nitrogens with one attached hydrogen (secondary N) is 3. The maximum Gasteiger partial charge on any atom is 0.165 e. The van der Waals surface area contributed by atoms with E-state index in [9.17, 15) is 4.39 Å². The third-order valence-corrected chi connectivity index (χ3v) is 7.65. The van der Waals surface area contributed by atoms with Crippen molar-refractivity contribution in [2.24, 2.45) is 5.92 Å². The molecule has 4 rings (SSSR count). The van der Waals surface area contributed by atoms with Gasteiger partial charge in [-0.15, -0.1) is 0 Å². The van der Waals surface area contributed by atoms with Crippen molar-refractivity contribution in [2.75, 3.05) is 37.5 Å². The lowest BCUT2D eigenvalue weighted by Crippen LogP contribution is -2.42. The SMILES string of the molecule is COC[C@H](C)N[C@H]1CC[C@H](Nc2cc(-c3ccc(F)c(NC[C@H]4CCOC(C)(C)C4)n3)c(Cl)cn2)CC1. The molecule has 0 amide bonds. The van der Waals surface area contributed by atoms with Crippen molar-refractivity contribution in [3.8, 4) is 11.3 Å². The molecule has 1 aliphatic carbocycles. The van der Waals surface area contributed by atoms with Crippen LogP contribution in [-0.4, -0.2) is 60.6 Å². The number of methoxy groups -OCH3 is 1. The Labute approximate surface area is 225 Å². The van der Waals surface area contributed by atoms with Gasteiger partial charge in [-0.3, -0.25) is 0 Å². The molecule has 7 nitrogen and oxygen atoms in total. The van der Waals surface area contributed by atoms with Gasteiger partial charge in [0.05, 0.1) is 22.9 Å². The fourth-order valence-electron chi connectivity index (χ4n) is 5.52. The molecule has 2 aliphatic rings. The number of pyridine rings is 2. The monoisotopic (exact) mass is 533 g/mol. The molecule has 9 heteroatoms. The molecule has 204 valence electrons. The van der Waals surface area contributed by atoms with E-state index in [0.29, 0.717) is 41.3 Å². The van der Waals surface area contributed by atoms with Crippen molar-refractivity contribution < 1.29 is 13.9 Å². The Morgan fingerprint density at radius 3 is 2.68 bits per heavy atom. The Morgan fingerprint density at radius 1 is 1.19 bits per heavy atom. The molecule has 2 atom stereocenters. The minimum atomic E-state index is -0.371. The summed E-state index contributed by atoms with van der Waals surface area (Å²) in [5.41, 5.74) is 1.20. The number of aromatic nitrogens is 2. The molecular formula is C28H41ClFN5O2. The lowest BCUT2D eigenvalue weighted by atomic mass is 9.88. The van der Waals surface area contributed by atoms with E-state index in [-0.39, 0.29) is 17.2 Å². The Morgan fingerprint density at radius 2 is 1.95 bits per heavy atom. The summed E-state index contributed by atoms with van der Waals surface area (Å²) in [5, 5.41) is 10.9. The molecule has 3 N–H and O–H groups in total. The van der Waals surface area contributed by atoms with Crippen molar-refractivity contribution in [2.45, 2.75) is 83.0 Å². The highest BCUT2D eigenvalue weighted by atomic mass is 35.5. The van der Waals surface area contributed by atoms with Crippen molar-refractivity contribution >= 4 is 23.2 Å². The van der Waals surface area contributed by atoms with Gasteiger partial charge < -0.3 is 25.4 Å². The fraction of sp³-hybridized carbons (Fsp3) is 0.643. The lowest BCUT2D eigenvalue weighted by molar-refractivity contribution is -0.0699. The molecule has 1 aliphatic heterocycles. The molecule has 0 unspecified atom stereocenters. The summed E-state index contributed by atoms with van der Waals surface area (Å²) in [6.07, 6.45) is 7.84. The third-order valence-electron chi connectivity index (χ3n) is 7.35. The van der Waals surface area contributed by atoms with Crippen molar-refractivity contribution in [3.05, 3.63) is 35.2 Å². The second-order valence-electron chi connectivity index (χ2n) is 11.1. The molecule has 0 spiro atoms. The summed E-state index contributed by atoms with van der Waals surface area (Å²) >= 11 is 6.51. The standard InChI is InChI=1S/C28H41ClFN5O2/c1-18(17-36-4)33-20-5-7-21(8-6-20)34-26-13-22(23(29)16-31-26)25-10-9-24(30)27(35-25)32-15-19-11-12-37-28(2,3)14-19/h9-10,13,16,18-21,33H,5-8,11-12,14-15,17H2,1-4H3,(H,31,34)(H,32,35)/t18-,19-,20-,21-/m0/s1. The van der Waals surface area contributed by atoms with Gasteiger partial charge in [0, 0.05) is 50.1 Å². The van der Waals surface area contributed by atoms with Gasteiger partial charge in [-0.2, -0.15) is 0 Å². The average molecular weight is 534 g/mol. The van der Waals surface area contributed by atoms with Crippen LogP contribution in [-0.2, 0) is 9.47 Å². The van der Waals surface area contributed by atoms with E-state index in [1.807, 2.05) is 6.07 Å². The number of anilines is 2. The molecule has 0 aromatic carbocycles. The predicted molar refractivity (Wildman–Crippen MR) is 148 cm³/mol. The van der Waals surface area contributed by atoms with Crippen LogP contribution in [0.1, 0.15) is 59.3 Å². The Kier molecular flexibility index (Phi) is 9.62. The van der Waals surface area contributed by atoms with Crippen LogP contribution in [0.4, 0.5) is 16.0 Å². The number of hydrogen-bond acceptors (Lipinski definition) is 7. The normalized spacial score (nSPS) is 24.4. The minimum absolute atomic E-state index is 0.148. The summed E-state index contributed by atoms with van der Waals surface area (Å²) in [7, 11) is 1.74. The number of nitrogens with zero attached hydrogens (tertiary/aromatic N) is 2. The first-order valence-electron chi connectivity index (χ1n) is 13.4. The molecular weight excluding hydrogens is 493 g/mol. The second kappa shape index (κ2) is 12.7. The number of halogens is 2. The predicted octanol–water partition coefficient (Wildman–Crippen LogP) is 5.90. The summed E-state index contributed by atoms with van der Waals surface area (Å²) in [5.74, 6) is 1.04. The zero-order chi connectivity index (χ0) is 26.4. The van der Waals surface area contributed by atoms with E-state index in [0.717, 1.165) is 63.1 Å². The molecule has 0 radical (unpaired) electrons. The zero-order valence-electron chi connectivity index (χ0n) is 22.4. The van der Waals surface area contributed by atoms with Gasteiger partial charge in [0.25, 0.3) is 0 Å². The number of rotatable bonds is 10. The van der Waals surface area contributed by atoms with Gasteiger partial charge in [-0.25, -0.2) is 14.4 Å². The number of hydrogen-bond donors (Lipinski definition) is 3. The molecule has 37 heavy (non-hydrogen) atoms. The second-order valence-corrected chi connectivity index (χ2v) is 11.5. The Balaban J connectivity index is 1.38. The first-order valence-corrected chi connectivity index (χ1v) is 13.8. The first-order chi connectivity index (χ1) is 17.7. The van der Waals surface area contributed by atoms with Crippen molar-refractivity contribution in [1.82, 2.24) is 15.3 Å². The van der Waals surface area contributed by atoms with Gasteiger partial charge in [0.15, 0.2) is 11.6 Å². The van der Waals surface area contributed by atoms with E-state index in [4.69, 9.17) is 21.1 Å². The van der Waals surface area contributed by atoms with Crippen LogP contribution in [0, 0.1) is 11.7 Å². The smallest absolute Gasteiger partial charge is 0.165 e. The van der Waals surface area contributed by atoms with E-state index >= 15 is 0 Å². The van der Waals surface area contributed by atoms with Crippen LogP contribution < -0.4 is 16.0 Å². The van der Waals surface area contributed by atoms with Gasteiger partial charge >= 0.3 is 0 Å². The third kappa shape index (κ3) is 7.99. The quantitative estimate of drug-likeness (QED) is 0.351. The van der Waals surface area contributed by atoms with Gasteiger partial charge in [0.1, 0.15) is 5.82 Å². The minimum Gasteiger partial charge on any atom is -0.383 e. The van der Waals surface area contributed by atoms with Crippen molar-refractivity contribution in [1.29, 1.82) is 0 Å². The Hall–Kier alpha value is -2.00.